The number of rotatable bonds is 6. The molecule has 2 amide bonds. The van der Waals surface area contributed by atoms with E-state index in [-0.39, 0.29) is 17.9 Å². The maximum atomic E-state index is 12.9. The molecule has 2 bridgehead atoms. The summed E-state index contributed by atoms with van der Waals surface area (Å²) in [5, 5.41) is 0. The predicted octanol–water partition coefficient (Wildman–Crippen LogP) is 2.88. The molecule has 3 heterocycles. The highest BCUT2D eigenvalue weighted by molar-refractivity contribution is 5.83. The molecule has 5 rings (SSSR count). The van der Waals surface area contributed by atoms with Gasteiger partial charge in [0.05, 0.1) is 13.0 Å². The first-order valence-corrected chi connectivity index (χ1v) is 10.3. The van der Waals surface area contributed by atoms with Crippen molar-refractivity contribution in [1.82, 2.24) is 9.80 Å². The molecule has 0 spiro atoms. The molecule has 2 atom stereocenters. The summed E-state index contributed by atoms with van der Waals surface area (Å²) in [7, 11) is 1.66. The summed E-state index contributed by atoms with van der Waals surface area (Å²) >= 11 is 0. The van der Waals surface area contributed by atoms with Gasteiger partial charge in [-0.15, -0.1) is 0 Å². The normalized spacial score (nSPS) is 25.3. The van der Waals surface area contributed by atoms with Crippen LogP contribution < -0.4 is 4.74 Å². The Morgan fingerprint density at radius 2 is 2.04 bits per heavy atom. The van der Waals surface area contributed by atoms with E-state index in [9.17, 15) is 9.59 Å². The Balaban J connectivity index is 1.37. The van der Waals surface area contributed by atoms with Crippen LogP contribution in [0.3, 0.4) is 0 Å². The zero-order chi connectivity index (χ0) is 18.8. The Bertz CT molecular complexity index is 701. The summed E-state index contributed by atoms with van der Waals surface area (Å²) < 4.78 is 5.26. The van der Waals surface area contributed by atoms with Gasteiger partial charge in [0.1, 0.15) is 5.75 Å². The maximum absolute atomic E-state index is 12.9. The van der Waals surface area contributed by atoms with E-state index < -0.39 is 0 Å². The molecule has 4 fully saturated rings. The van der Waals surface area contributed by atoms with Gasteiger partial charge in [0.15, 0.2) is 0 Å². The number of fused-ring (bicyclic) bond motifs is 4. The van der Waals surface area contributed by atoms with Crippen LogP contribution >= 0.6 is 0 Å². The number of aryl methyl sites for hydroxylation is 1. The lowest BCUT2D eigenvalue weighted by Crippen LogP contribution is -2.50. The van der Waals surface area contributed by atoms with E-state index in [0.717, 1.165) is 30.7 Å². The monoisotopic (exact) mass is 370 g/mol. The first-order chi connectivity index (χ1) is 13.1. The fourth-order valence-corrected chi connectivity index (χ4v) is 4.68. The van der Waals surface area contributed by atoms with Gasteiger partial charge < -0.3 is 14.5 Å². The highest BCUT2D eigenvalue weighted by Gasteiger charge is 2.42. The van der Waals surface area contributed by atoms with Crippen LogP contribution in [0, 0.1) is 11.8 Å². The smallest absolute Gasteiger partial charge is 0.227 e. The van der Waals surface area contributed by atoms with Gasteiger partial charge in [0.2, 0.25) is 11.8 Å². The van der Waals surface area contributed by atoms with Crippen LogP contribution in [0.1, 0.15) is 44.1 Å². The molecule has 3 saturated heterocycles. The summed E-state index contributed by atoms with van der Waals surface area (Å²) in [6.07, 6.45) is 6.99. The number of ether oxygens (including phenoxy) is 1. The van der Waals surface area contributed by atoms with E-state index in [1.165, 1.54) is 19.3 Å². The number of nitrogens with zero attached hydrogens (tertiary/aromatic N) is 2. The fraction of sp³-hybridized carbons (Fsp3) is 0.636. The van der Waals surface area contributed by atoms with Gasteiger partial charge in [-0.1, -0.05) is 18.6 Å². The predicted molar refractivity (Wildman–Crippen MR) is 103 cm³/mol. The van der Waals surface area contributed by atoms with Crippen LogP contribution in [0.4, 0.5) is 0 Å². The van der Waals surface area contributed by atoms with Crippen molar-refractivity contribution in [2.75, 3.05) is 26.7 Å². The third kappa shape index (κ3) is 3.97. The third-order valence-corrected chi connectivity index (χ3v) is 6.59. The molecule has 1 aromatic rings. The highest BCUT2D eigenvalue weighted by Crippen LogP contribution is 2.34. The molecule has 1 aliphatic carbocycles. The maximum Gasteiger partial charge on any atom is 0.227 e. The minimum absolute atomic E-state index is 0.00426. The van der Waals surface area contributed by atoms with Crippen molar-refractivity contribution < 1.29 is 14.3 Å². The topological polar surface area (TPSA) is 49.9 Å². The standard InChI is InChI=1S/C22H30N2O3/c1-27-20-7-3-4-16(12-20)8-11-21(25)23-14-18-9-10-19(15-23)24(22(18)26)13-17-5-2-6-17/h3-4,7,12,17-19H,2,5-6,8-11,13-15H2,1H3. The number of hydrogen-bond donors (Lipinski definition) is 0. The molecule has 27 heavy (non-hydrogen) atoms. The van der Waals surface area contributed by atoms with Crippen molar-refractivity contribution in [3.05, 3.63) is 29.8 Å². The average molecular weight is 370 g/mol. The molecule has 5 heteroatoms. The van der Waals surface area contributed by atoms with Gasteiger partial charge in [-0.05, 0) is 55.7 Å². The molecular formula is C22H30N2O3. The number of piperidine rings is 1. The SMILES string of the molecule is COc1cccc(CCC(=O)N2CC3CCC(C2)N(CC2CCC2)C3=O)c1. The molecule has 3 aliphatic heterocycles. The minimum atomic E-state index is 0.00426. The van der Waals surface area contributed by atoms with Crippen molar-refractivity contribution >= 4 is 11.8 Å². The Hall–Kier alpha value is -2.04. The van der Waals surface area contributed by atoms with Crippen molar-refractivity contribution in [1.29, 1.82) is 0 Å². The van der Waals surface area contributed by atoms with Crippen LogP contribution in [0.15, 0.2) is 24.3 Å². The highest BCUT2D eigenvalue weighted by atomic mass is 16.5. The van der Waals surface area contributed by atoms with E-state index in [1.807, 2.05) is 29.2 Å². The molecular weight excluding hydrogens is 340 g/mol. The number of carbonyl (C=O) groups is 2. The quantitative estimate of drug-likeness (QED) is 0.774. The Morgan fingerprint density at radius 3 is 2.78 bits per heavy atom. The number of benzene rings is 1. The largest absolute Gasteiger partial charge is 0.497 e. The molecule has 1 aromatic carbocycles. The Morgan fingerprint density at radius 1 is 1.19 bits per heavy atom. The van der Waals surface area contributed by atoms with Crippen LogP contribution in [0.2, 0.25) is 0 Å². The Kier molecular flexibility index (Phi) is 5.37. The van der Waals surface area contributed by atoms with Gasteiger partial charge in [-0.3, -0.25) is 9.59 Å². The molecule has 1 saturated carbocycles. The summed E-state index contributed by atoms with van der Waals surface area (Å²) in [5.74, 6) is 1.98. The fourth-order valence-electron chi connectivity index (χ4n) is 4.68. The summed E-state index contributed by atoms with van der Waals surface area (Å²) in [5.41, 5.74) is 1.11. The van der Waals surface area contributed by atoms with E-state index >= 15 is 0 Å². The van der Waals surface area contributed by atoms with E-state index in [2.05, 4.69) is 4.90 Å². The zero-order valence-corrected chi connectivity index (χ0v) is 16.2. The second-order valence-electron chi connectivity index (χ2n) is 8.37. The van der Waals surface area contributed by atoms with Crippen LogP contribution in [0.5, 0.6) is 5.75 Å². The van der Waals surface area contributed by atoms with E-state index in [1.54, 1.807) is 7.11 Å². The number of hydrogen-bond acceptors (Lipinski definition) is 3. The molecule has 4 aliphatic rings. The summed E-state index contributed by atoms with van der Waals surface area (Å²) in [4.78, 5) is 29.8. The summed E-state index contributed by atoms with van der Waals surface area (Å²) in [6, 6.07) is 8.12. The van der Waals surface area contributed by atoms with Crippen molar-refractivity contribution in [2.24, 2.45) is 11.8 Å². The molecule has 5 nitrogen and oxygen atoms in total. The summed E-state index contributed by atoms with van der Waals surface area (Å²) in [6.45, 7) is 2.23. The lowest BCUT2D eigenvalue weighted by molar-refractivity contribution is -0.141. The number of amides is 2. The lowest BCUT2D eigenvalue weighted by Gasteiger charge is -2.40. The van der Waals surface area contributed by atoms with Crippen LogP contribution in [-0.2, 0) is 16.0 Å². The lowest BCUT2D eigenvalue weighted by atomic mass is 9.83. The molecule has 0 N–H and O–H groups in total. The Labute approximate surface area is 161 Å². The van der Waals surface area contributed by atoms with Gasteiger partial charge in [-0.25, -0.2) is 0 Å². The van der Waals surface area contributed by atoms with Gasteiger partial charge in [-0.2, -0.15) is 0 Å². The van der Waals surface area contributed by atoms with Crippen molar-refractivity contribution in [2.45, 2.75) is 51.0 Å². The third-order valence-electron chi connectivity index (χ3n) is 6.59. The molecule has 2 unspecified atom stereocenters. The van der Waals surface area contributed by atoms with Gasteiger partial charge in [0.25, 0.3) is 0 Å². The second-order valence-corrected chi connectivity index (χ2v) is 8.37. The average Bonchev–Trinajstić information content (AvgIpc) is 2.94. The van der Waals surface area contributed by atoms with Crippen molar-refractivity contribution in [3.63, 3.8) is 0 Å². The molecule has 0 radical (unpaired) electrons. The van der Waals surface area contributed by atoms with Crippen LogP contribution in [0.25, 0.3) is 0 Å². The molecule has 146 valence electrons. The molecule has 0 aromatic heterocycles. The van der Waals surface area contributed by atoms with Crippen molar-refractivity contribution in [3.8, 4) is 5.75 Å². The number of methoxy groups -OCH3 is 1. The van der Waals surface area contributed by atoms with Gasteiger partial charge in [0, 0.05) is 32.1 Å². The number of carbonyl (C=O) groups excluding carboxylic acids is 2. The minimum Gasteiger partial charge on any atom is -0.497 e. The first-order valence-electron chi connectivity index (χ1n) is 10.3. The van der Waals surface area contributed by atoms with Gasteiger partial charge >= 0.3 is 0 Å². The zero-order valence-electron chi connectivity index (χ0n) is 16.2. The first kappa shape index (κ1) is 18.3. The van der Waals surface area contributed by atoms with E-state index in [0.29, 0.717) is 37.8 Å². The van der Waals surface area contributed by atoms with Crippen LogP contribution in [-0.4, -0.2) is 54.4 Å². The second kappa shape index (κ2) is 7.91. The van der Waals surface area contributed by atoms with E-state index in [4.69, 9.17) is 4.74 Å².